The quantitative estimate of drug-likeness (QED) is 0.650. The summed E-state index contributed by atoms with van der Waals surface area (Å²) in [7, 11) is 1.52. The molecule has 0 bridgehead atoms. The Balaban J connectivity index is 1.63. The zero-order valence-corrected chi connectivity index (χ0v) is 19.3. The van der Waals surface area contributed by atoms with Crippen molar-refractivity contribution in [1.82, 2.24) is 0 Å². The van der Waals surface area contributed by atoms with Gasteiger partial charge >= 0.3 is 0 Å². The van der Waals surface area contributed by atoms with E-state index < -0.39 is 5.79 Å². The number of hydrogen-bond acceptors (Lipinski definition) is 2. The van der Waals surface area contributed by atoms with E-state index in [2.05, 4.69) is 64.1 Å². The molecule has 2 unspecified atom stereocenters. The van der Waals surface area contributed by atoms with Crippen LogP contribution >= 0.6 is 17.2 Å². The van der Waals surface area contributed by atoms with E-state index in [4.69, 9.17) is 9.47 Å². The fourth-order valence-corrected chi connectivity index (χ4v) is 6.73. The molecule has 146 valence electrons. The highest BCUT2D eigenvalue weighted by Crippen LogP contribution is 2.34. The standard InChI is InChI=1S/C23H32O2P2/c1-15-7-16(2)10-19(9-15)26-13-21-22(25-23(5,6)24-21)14-27-20-11-17(3)8-18(4)12-20/h7-12,21-22,26-27H,13-14H2,1-6H3/t21-,22-/m1/s1. The largest absolute Gasteiger partial charge is 0.344 e. The van der Waals surface area contributed by atoms with Crippen LogP contribution in [0.2, 0.25) is 0 Å². The molecule has 1 saturated heterocycles. The van der Waals surface area contributed by atoms with Gasteiger partial charge in [0.05, 0.1) is 12.2 Å². The molecular formula is C23H32O2P2. The second-order valence-electron chi connectivity index (χ2n) is 8.23. The van der Waals surface area contributed by atoms with Gasteiger partial charge in [0.1, 0.15) is 0 Å². The summed E-state index contributed by atoms with van der Waals surface area (Å²) in [4.78, 5) is 0. The first-order valence-corrected chi connectivity index (χ1v) is 12.1. The van der Waals surface area contributed by atoms with Gasteiger partial charge in [0.15, 0.2) is 5.79 Å². The van der Waals surface area contributed by atoms with E-state index in [1.807, 2.05) is 13.8 Å². The molecule has 1 fully saturated rings. The average molecular weight is 402 g/mol. The van der Waals surface area contributed by atoms with Crippen LogP contribution in [0.25, 0.3) is 0 Å². The zero-order chi connectivity index (χ0) is 19.6. The lowest BCUT2D eigenvalue weighted by atomic mass is 10.2. The predicted molar refractivity (Wildman–Crippen MR) is 121 cm³/mol. The summed E-state index contributed by atoms with van der Waals surface area (Å²) >= 11 is 0. The van der Waals surface area contributed by atoms with Crippen molar-refractivity contribution in [2.24, 2.45) is 0 Å². The molecule has 4 atom stereocenters. The van der Waals surface area contributed by atoms with Crippen molar-refractivity contribution in [2.45, 2.75) is 59.5 Å². The topological polar surface area (TPSA) is 18.5 Å². The Morgan fingerprint density at radius 1 is 0.667 bits per heavy atom. The van der Waals surface area contributed by atoms with E-state index >= 15 is 0 Å². The molecule has 0 saturated carbocycles. The van der Waals surface area contributed by atoms with Crippen LogP contribution in [0.4, 0.5) is 0 Å². The highest BCUT2D eigenvalue weighted by atomic mass is 31.1. The summed E-state index contributed by atoms with van der Waals surface area (Å²) in [6.45, 7) is 12.8. The predicted octanol–water partition coefficient (Wildman–Crippen LogP) is 4.75. The number of ether oxygens (including phenoxy) is 2. The summed E-state index contributed by atoms with van der Waals surface area (Å²) < 4.78 is 12.5. The van der Waals surface area contributed by atoms with E-state index in [9.17, 15) is 0 Å². The van der Waals surface area contributed by atoms with Gasteiger partial charge in [-0.3, -0.25) is 0 Å². The molecule has 2 aromatic carbocycles. The van der Waals surface area contributed by atoms with E-state index in [0.29, 0.717) is 0 Å². The summed E-state index contributed by atoms with van der Waals surface area (Å²) in [5, 5.41) is 2.85. The van der Waals surface area contributed by atoms with Crippen LogP contribution in [-0.4, -0.2) is 30.3 Å². The Bertz CT molecular complexity index is 695. The van der Waals surface area contributed by atoms with Crippen LogP contribution in [0, 0.1) is 27.7 Å². The van der Waals surface area contributed by atoms with Crippen LogP contribution in [-0.2, 0) is 9.47 Å². The number of benzene rings is 2. The van der Waals surface area contributed by atoms with Crippen LogP contribution in [0.1, 0.15) is 36.1 Å². The molecule has 0 spiro atoms. The normalized spacial score (nSPS) is 22.4. The summed E-state index contributed by atoms with van der Waals surface area (Å²) in [5.41, 5.74) is 5.37. The van der Waals surface area contributed by atoms with Crippen LogP contribution in [0.5, 0.6) is 0 Å². The first-order valence-electron chi connectivity index (χ1n) is 9.70. The van der Waals surface area contributed by atoms with E-state index in [-0.39, 0.29) is 12.2 Å². The van der Waals surface area contributed by atoms with Crippen molar-refractivity contribution in [3.63, 3.8) is 0 Å². The maximum absolute atomic E-state index is 6.27. The molecule has 1 heterocycles. The monoisotopic (exact) mass is 402 g/mol. The number of rotatable bonds is 6. The Labute approximate surface area is 168 Å². The van der Waals surface area contributed by atoms with E-state index in [0.717, 1.165) is 29.5 Å². The lowest BCUT2D eigenvalue weighted by Crippen LogP contribution is -2.28. The van der Waals surface area contributed by atoms with Gasteiger partial charge in [-0.15, -0.1) is 0 Å². The summed E-state index contributed by atoms with van der Waals surface area (Å²) in [6, 6.07) is 13.7. The minimum atomic E-state index is -0.477. The van der Waals surface area contributed by atoms with Crippen LogP contribution in [0.3, 0.4) is 0 Å². The van der Waals surface area contributed by atoms with Crippen molar-refractivity contribution < 1.29 is 9.47 Å². The van der Waals surface area contributed by atoms with E-state index in [1.54, 1.807) is 0 Å². The first-order chi connectivity index (χ1) is 12.7. The molecule has 0 radical (unpaired) electrons. The first kappa shape index (κ1) is 20.9. The van der Waals surface area contributed by atoms with Gasteiger partial charge in [-0.05, 0) is 64.5 Å². The lowest BCUT2D eigenvalue weighted by Gasteiger charge is -2.17. The van der Waals surface area contributed by atoms with Crippen molar-refractivity contribution in [1.29, 1.82) is 0 Å². The van der Waals surface area contributed by atoms with Gasteiger partial charge in [0, 0.05) is 0 Å². The molecule has 27 heavy (non-hydrogen) atoms. The molecule has 0 aromatic heterocycles. The molecular weight excluding hydrogens is 370 g/mol. The fraction of sp³-hybridized carbons (Fsp3) is 0.478. The minimum absolute atomic E-state index is 0.178. The van der Waals surface area contributed by atoms with Gasteiger partial charge in [-0.2, -0.15) is 0 Å². The molecule has 1 aliphatic heterocycles. The Morgan fingerprint density at radius 3 is 1.33 bits per heavy atom. The third-order valence-corrected chi connectivity index (χ3v) is 7.35. The molecule has 4 heteroatoms. The van der Waals surface area contributed by atoms with Gasteiger partial charge in [0.25, 0.3) is 0 Å². The van der Waals surface area contributed by atoms with Crippen molar-refractivity contribution in [3.8, 4) is 0 Å². The van der Waals surface area contributed by atoms with Crippen molar-refractivity contribution in [2.75, 3.05) is 12.3 Å². The van der Waals surface area contributed by atoms with Crippen molar-refractivity contribution >= 4 is 27.8 Å². The van der Waals surface area contributed by atoms with Crippen LogP contribution < -0.4 is 10.6 Å². The molecule has 2 aromatic rings. The zero-order valence-electron chi connectivity index (χ0n) is 17.3. The average Bonchev–Trinajstić information content (AvgIpc) is 2.83. The van der Waals surface area contributed by atoms with Gasteiger partial charge < -0.3 is 9.47 Å². The SMILES string of the molecule is Cc1cc(C)cc(PC[C@H]2OC(C)(C)O[C@@H]2CPc2cc(C)cc(C)c2)c1. The number of aryl methyl sites for hydroxylation is 4. The third-order valence-electron chi connectivity index (χ3n) is 4.74. The van der Waals surface area contributed by atoms with Crippen LogP contribution in [0.15, 0.2) is 36.4 Å². The fourth-order valence-electron chi connectivity index (χ4n) is 3.85. The van der Waals surface area contributed by atoms with Gasteiger partial charge in [0.2, 0.25) is 0 Å². The smallest absolute Gasteiger partial charge is 0.163 e. The summed E-state index contributed by atoms with van der Waals surface area (Å²) in [5.74, 6) is -0.477. The lowest BCUT2D eigenvalue weighted by molar-refractivity contribution is -0.142. The Morgan fingerprint density at radius 2 is 1.00 bits per heavy atom. The second kappa shape index (κ2) is 8.71. The molecule has 3 rings (SSSR count). The highest BCUT2D eigenvalue weighted by molar-refractivity contribution is 7.47. The highest BCUT2D eigenvalue weighted by Gasteiger charge is 2.40. The maximum Gasteiger partial charge on any atom is 0.163 e. The second-order valence-corrected chi connectivity index (χ2v) is 10.9. The molecule has 2 nitrogen and oxygen atoms in total. The minimum Gasteiger partial charge on any atom is -0.344 e. The van der Waals surface area contributed by atoms with Crippen molar-refractivity contribution in [3.05, 3.63) is 58.7 Å². The number of hydrogen-bond donors (Lipinski definition) is 0. The Hall–Kier alpha value is -0.780. The van der Waals surface area contributed by atoms with E-state index in [1.165, 1.54) is 32.9 Å². The molecule has 0 amide bonds. The van der Waals surface area contributed by atoms with Gasteiger partial charge in [-0.25, -0.2) is 0 Å². The molecule has 1 aliphatic rings. The summed E-state index contributed by atoms with van der Waals surface area (Å²) in [6.07, 6.45) is 2.43. The van der Waals surface area contributed by atoms with Gasteiger partial charge in [-0.1, -0.05) is 75.8 Å². The molecule has 0 N–H and O–H groups in total. The molecule has 0 aliphatic carbocycles. The maximum atomic E-state index is 6.27. The Kier molecular flexibility index (Phi) is 6.75. The third kappa shape index (κ3) is 6.10.